The SMILES string of the molecule is CCn1c(Oc2cccc(N3CCN(C)CC3)c2)nnc1[C@@H](C)NS(=O)(=O)c1ccccc1C(=O)OC. The molecule has 0 bridgehead atoms. The van der Waals surface area contributed by atoms with Crippen molar-refractivity contribution in [2.24, 2.45) is 0 Å². The van der Waals surface area contributed by atoms with Crippen LogP contribution in [0.4, 0.5) is 5.69 Å². The molecule has 37 heavy (non-hydrogen) atoms. The van der Waals surface area contributed by atoms with Crippen molar-refractivity contribution in [2.75, 3.05) is 45.2 Å². The molecule has 0 amide bonds. The van der Waals surface area contributed by atoms with Crippen LogP contribution < -0.4 is 14.4 Å². The molecule has 1 aliphatic rings. The monoisotopic (exact) mass is 528 g/mol. The van der Waals surface area contributed by atoms with Crippen LogP contribution in [0.2, 0.25) is 0 Å². The maximum atomic E-state index is 13.1. The summed E-state index contributed by atoms with van der Waals surface area (Å²) in [5, 5.41) is 8.39. The fourth-order valence-electron chi connectivity index (χ4n) is 4.24. The highest BCUT2D eigenvalue weighted by molar-refractivity contribution is 7.89. The van der Waals surface area contributed by atoms with Crippen LogP contribution in [-0.4, -0.2) is 74.4 Å². The normalized spacial score (nSPS) is 15.4. The van der Waals surface area contributed by atoms with Gasteiger partial charge in [0.2, 0.25) is 10.0 Å². The standard InChI is InChI=1S/C25H32N6O5S/c1-5-31-23(18(2)28-37(33,34)22-12-7-6-11-21(22)24(32)35-4)26-27-25(31)36-20-10-8-9-19(17-20)30-15-13-29(3)14-16-30/h6-12,17-18,28H,5,13-16H2,1-4H3/t18-/m1/s1. The lowest BCUT2D eigenvalue weighted by atomic mass is 10.2. The summed E-state index contributed by atoms with van der Waals surface area (Å²) in [6.07, 6.45) is 0. The van der Waals surface area contributed by atoms with Crippen molar-refractivity contribution in [3.05, 3.63) is 59.9 Å². The van der Waals surface area contributed by atoms with Crippen molar-refractivity contribution in [3.8, 4) is 11.8 Å². The van der Waals surface area contributed by atoms with Gasteiger partial charge in [0.25, 0.3) is 0 Å². The maximum Gasteiger partial charge on any atom is 0.339 e. The summed E-state index contributed by atoms with van der Waals surface area (Å²) in [7, 11) is -0.753. The number of likely N-dealkylation sites (N-methyl/N-ethyl adjacent to an activating group) is 1. The van der Waals surface area contributed by atoms with E-state index in [1.165, 1.54) is 19.2 Å². The highest BCUT2D eigenvalue weighted by Crippen LogP contribution is 2.28. The van der Waals surface area contributed by atoms with Crippen molar-refractivity contribution in [2.45, 2.75) is 31.3 Å². The summed E-state index contributed by atoms with van der Waals surface area (Å²) in [5.41, 5.74) is 1.02. The molecule has 3 aromatic rings. The van der Waals surface area contributed by atoms with Crippen LogP contribution in [-0.2, 0) is 21.3 Å². The van der Waals surface area contributed by atoms with Crippen LogP contribution in [0.25, 0.3) is 0 Å². The minimum absolute atomic E-state index is 0.0501. The third-order valence-corrected chi connectivity index (χ3v) is 7.86. The number of rotatable bonds is 9. The van der Waals surface area contributed by atoms with Crippen LogP contribution in [0.5, 0.6) is 11.8 Å². The number of nitrogens with one attached hydrogen (secondary N) is 1. The van der Waals surface area contributed by atoms with Crippen LogP contribution in [0, 0.1) is 0 Å². The molecule has 0 saturated carbocycles. The van der Waals surface area contributed by atoms with E-state index in [0.717, 1.165) is 31.9 Å². The molecule has 0 radical (unpaired) electrons. The van der Waals surface area contributed by atoms with E-state index in [1.807, 2.05) is 25.1 Å². The molecular formula is C25H32N6O5S. The summed E-state index contributed by atoms with van der Waals surface area (Å²) in [4.78, 5) is 16.5. The molecule has 12 heteroatoms. The molecule has 1 aliphatic heterocycles. The Balaban J connectivity index is 1.53. The molecule has 1 saturated heterocycles. The van der Waals surface area contributed by atoms with Gasteiger partial charge in [0.05, 0.1) is 23.6 Å². The second-order valence-electron chi connectivity index (χ2n) is 8.81. The largest absolute Gasteiger partial charge is 0.465 e. The number of esters is 1. The Morgan fingerprint density at radius 2 is 1.81 bits per heavy atom. The summed E-state index contributed by atoms with van der Waals surface area (Å²) in [5.74, 6) is 0.261. The Labute approximate surface area is 217 Å². The zero-order chi connectivity index (χ0) is 26.6. The minimum Gasteiger partial charge on any atom is -0.465 e. The van der Waals surface area contributed by atoms with Gasteiger partial charge in [-0.15, -0.1) is 5.10 Å². The predicted octanol–water partition coefficient (Wildman–Crippen LogP) is 2.67. The lowest BCUT2D eigenvalue weighted by Crippen LogP contribution is -2.44. The number of anilines is 1. The number of hydrogen-bond acceptors (Lipinski definition) is 9. The molecule has 1 atom stereocenters. The molecule has 0 aliphatic carbocycles. The van der Waals surface area contributed by atoms with Gasteiger partial charge < -0.3 is 19.3 Å². The van der Waals surface area contributed by atoms with Crippen molar-refractivity contribution in [1.82, 2.24) is 24.4 Å². The van der Waals surface area contributed by atoms with Crippen LogP contribution in [0.3, 0.4) is 0 Å². The number of aromatic nitrogens is 3. The molecular weight excluding hydrogens is 496 g/mol. The van der Waals surface area contributed by atoms with E-state index in [0.29, 0.717) is 18.1 Å². The van der Waals surface area contributed by atoms with E-state index in [4.69, 9.17) is 9.47 Å². The van der Waals surface area contributed by atoms with E-state index in [1.54, 1.807) is 23.6 Å². The molecule has 2 heterocycles. The molecule has 1 aromatic heterocycles. The fourth-order valence-corrected chi connectivity index (χ4v) is 5.63. The highest BCUT2D eigenvalue weighted by Gasteiger charge is 2.27. The number of piperazine rings is 1. The second kappa shape index (κ2) is 11.3. The average molecular weight is 529 g/mol. The smallest absolute Gasteiger partial charge is 0.339 e. The number of carbonyl (C=O) groups is 1. The predicted molar refractivity (Wildman–Crippen MR) is 138 cm³/mol. The second-order valence-corrected chi connectivity index (χ2v) is 10.5. The van der Waals surface area contributed by atoms with Gasteiger partial charge in [0, 0.05) is 44.5 Å². The number of hydrogen-bond donors (Lipinski definition) is 1. The first-order chi connectivity index (χ1) is 17.7. The molecule has 0 unspecified atom stereocenters. The zero-order valence-corrected chi connectivity index (χ0v) is 22.2. The van der Waals surface area contributed by atoms with Crippen molar-refractivity contribution in [1.29, 1.82) is 0 Å². The fraction of sp³-hybridized carbons (Fsp3) is 0.400. The lowest BCUT2D eigenvalue weighted by molar-refractivity contribution is 0.0596. The van der Waals surface area contributed by atoms with Gasteiger partial charge >= 0.3 is 12.0 Å². The van der Waals surface area contributed by atoms with Gasteiger partial charge in [-0.3, -0.25) is 4.57 Å². The van der Waals surface area contributed by atoms with Gasteiger partial charge in [-0.2, -0.15) is 0 Å². The van der Waals surface area contributed by atoms with E-state index in [-0.39, 0.29) is 16.5 Å². The number of sulfonamides is 1. The Hall–Kier alpha value is -3.48. The number of carbonyl (C=O) groups excluding carboxylic acids is 1. The Morgan fingerprint density at radius 1 is 1.08 bits per heavy atom. The third-order valence-electron chi connectivity index (χ3n) is 6.26. The van der Waals surface area contributed by atoms with Gasteiger partial charge in [0.15, 0.2) is 5.82 Å². The maximum absolute atomic E-state index is 13.1. The summed E-state index contributed by atoms with van der Waals surface area (Å²) in [6, 6.07) is 13.2. The van der Waals surface area contributed by atoms with Gasteiger partial charge in [0.1, 0.15) is 5.75 Å². The zero-order valence-electron chi connectivity index (χ0n) is 21.4. The molecule has 1 N–H and O–H groups in total. The number of nitrogens with zero attached hydrogens (tertiary/aromatic N) is 5. The molecule has 4 rings (SSSR count). The first-order valence-corrected chi connectivity index (χ1v) is 13.6. The average Bonchev–Trinajstić information content (AvgIpc) is 3.31. The van der Waals surface area contributed by atoms with Gasteiger partial charge in [-0.05, 0) is 45.2 Å². The van der Waals surface area contributed by atoms with E-state index < -0.39 is 22.0 Å². The minimum atomic E-state index is -4.07. The van der Waals surface area contributed by atoms with Crippen LogP contribution in [0.1, 0.15) is 36.1 Å². The number of methoxy groups -OCH3 is 1. The van der Waals surface area contributed by atoms with E-state index in [9.17, 15) is 13.2 Å². The lowest BCUT2D eigenvalue weighted by Gasteiger charge is -2.34. The van der Waals surface area contributed by atoms with Gasteiger partial charge in [-0.1, -0.05) is 23.3 Å². The quantitative estimate of drug-likeness (QED) is 0.418. The molecule has 11 nitrogen and oxygen atoms in total. The van der Waals surface area contributed by atoms with Crippen molar-refractivity contribution >= 4 is 21.7 Å². The summed E-state index contributed by atoms with van der Waals surface area (Å²) < 4.78 is 41.4. The first-order valence-electron chi connectivity index (χ1n) is 12.1. The van der Waals surface area contributed by atoms with Crippen molar-refractivity contribution < 1.29 is 22.7 Å². The molecule has 198 valence electrons. The number of ether oxygens (including phenoxy) is 2. The van der Waals surface area contributed by atoms with E-state index in [2.05, 4.69) is 37.8 Å². The van der Waals surface area contributed by atoms with Crippen LogP contribution in [0.15, 0.2) is 53.4 Å². The van der Waals surface area contributed by atoms with Gasteiger partial charge in [-0.25, -0.2) is 17.9 Å². The van der Waals surface area contributed by atoms with E-state index >= 15 is 0 Å². The number of benzene rings is 2. The Kier molecular flexibility index (Phi) is 8.10. The van der Waals surface area contributed by atoms with Crippen LogP contribution >= 0.6 is 0 Å². The highest BCUT2D eigenvalue weighted by atomic mass is 32.2. The third kappa shape index (κ3) is 5.92. The Morgan fingerprint density at radius 3 is 2.51 bits per heavy atom. The molecule has 1 fully saturated rings. The Bertz CT molecular complexity index is 1350. The summed E-state index contributed by atoms with van der Waals surface area (Å²) in [6.45, 7) is 7.88. The first kappa shape index (κ1) is 26.6. The summed E-state index contributed by atoms with van der Waals surface area (Å²) >= 11 is 0. The molecule has 2 aromatic carbocycles. The topological polar surface area (TPSA) is 119 Å². The molecule has 0 spiro atoms. The van der Waals surface area contributed by atoms with Crippen molar-refractivity contribution in [3.63, 3.8) is 0 Å².